The van der Waals surface area contributed by atoms with Gasteiger partial charge in [-0.2, -0.15) is 0 Å². The fraction of sp³-hybridized carbons (Fsp3) is 0.562. The van der Waals surface area contributed by atoms with Gasteiger partial charge in [0.1, 0.15) is 11.3 Å². The largest absolute Gasteiger partial charge is 0.491 e. The van der Waals surface area contributed by atoms with Crippen LogP contribution in [-0.2, 0) is 4.74 Å². The highest BCUT2D eigenvalue weighted by Gasteiger charge is 2.31. The third-order valence-corrected chi connectivity index (χ3v) is 4.22. The van der Waals surface area contributed by atoms with Gasteiger partial charge in [-0.25, -0.2) is 4.98 Å². The molecule has 0 bridgehead atoms. The van der Waals surface area contributed by atoms with Crippen molar-refractivity contribution >= 4 is 17.0 Å². The van der Waals surface area contributed by atoms with Crippen molar-refractivity contribution in [3.8, 4) is 5.75 Å². The van der Waals surface area contributed by atoms with E-state index in [0.29, 0.717) is 12.6 Å². The number of para-hydroxylation sites is 1. The second-order valence-corrected chi connectivity index (χ2v) is 5.58. The van der Waals surface area contributed by atoms with E-state index in [1.807, 2.05) is 12.1 Å². The van der Waals surface area contributed by atoms with Crippen LogP contribution >= 0.6 is 0 Å². The maximum Gasteiger partial charge on any atom is 0.201 e. The number of benzene rings is 1. The number of rotatable bonds is 5. The second kappa shape index (κ2) is 5.93. The van der Waals surface area contributed by atoms with Crippen LogP contribution in [0.1, 0.15) is 38.6 Å². The molecule has 1 aliphatic carbocycles. The predicted octanol–water partition coefficient (Wildman–Crippen LogP) is 3.15. The number of nitrogens with zero attached hydrogens (tertiary/aromatic N) is 2. The Balaban J connectivity index is 2.05. The van der Waals surface area contributed by atoms with Gasteiger partial charge in [0.2, 0.25) is 5.95 Å². The Morgan fingerprint density at radius 2 is 2.24 bits per heavy atom. The highest BCUT2D eigenvalue weighted by molar-refractivity contribution is 5.84. The van der Waals surface area contributed by atoms with Gasteiger partial charge >= 0.3 is 0 Å². The van der Waals surface area contributed by atoms with E-state index in [2.05, 4.69) is 22.5 Å². The lowest BCUT2D eigenvalue weighted by atomic mass is 10.2. The molecule has 0 saturated heterocycles. The second-order valence-electron chi connectivity index (χ2n) is 5.58. The summed E-state index contributed by atoms with van der Waals surface area (Å²) >= 11 is 0. The summed E-state index contributed by atoms with van der Waals surface area (Å²) in [7, 11) is 1.77. The number of ether oxygens (including phenoxy) is 2. The van der Waals surface area contributed by atoms with Gasteiger partial charge in [-0.3, -0.25) is 0 Å². The van der Waals surface area contributed by atoms with Crippen LogP contribution in [0.15, 0.2) is 18.2 Å². The van der Waals surface area contributed by atoms with Crippen LogP contribution in [0, 0.1) is 0 Å². The number of nitrogen functional groups attached to an aromatic ring is 1. The van der Waals surface area contributed by atoms with E-state index >= 15 is 0 Å². The molecule has 5 heteroatoms. The summed E-state index contributed by atoms with van der Waals surface area (Å²) in [5.74, 6) is 1.36. The molecule has 1 aromatic heterocycles. The Bertz CT molecular complexity index is 623. The Morgan fingerprint density at radius 1 is 1.38 bits per heavy atom. The zero-order valence-corrected chi connectivity index (χ0v) is 12.7. The molecule has 1 aliphatic rings. The molecule has 0 radical (unpaired) electrons. The third-order valence-electron chi connectivity index (χ3n) is 4.22. The lowest BCUT2D eigenvalue weighted by Gasteiger charge is -2.21. The van der Waals surface area contributed by atoms with Crippen LogP contribution in [-0.4, -0.2) is 29.4 Å². The molecule has 2 N–H and O–H groups in total. The fourth-order valence-corrected chi connectivity index (χ4v) is 3.26. The van der Waals surface area contributed by atoms with Crippen LogP contribution in [0.25, 0.3) is 11.0 Å². The van der Waals surface area contributed by atoms with Crippen molar-refractivity contribution in [1.82, 2.24) is 9.55 Å². The minimum absolute atomic E-state index is 0.213. The van der Waals surface area contributed by atoms with E-state index in [4.69, 9.17) is 15.2 Å². The molecule has 2 atom stereocenters. The zero-order chi connectivity index (χ0) is 14.8. The predicted molar refractivity (Wildman–Crippen MR) is 83.6 cm³/mol. The molecule has 114 valence electrons. The molecule has 2 unspecified atom stereocenters. The monoisotopic (exact) mass is 289 g/mol. The lowest BCUT2D eigenvalue weighted by molar-refractivity contribution is 0.0768. The minimum Gasteiger partial charge on any atom is -0.491 e. The van der Waals surface area contributed by atoms with E-state index in [1.54, 1.807) is 7.11 Å². The van der Waals surface area contributed by atoms with Crippen LogP contribution in [0.3, 0.4) is 0 Å². The highest BCUT2D eigenvalue weighted by Crippen LogP contribution is 2.38. The summed E-state index contributed by atoms with van der Waals surface area (Å²) in [6.07, 6.45) is 4.50. The Morgan fingerprint density at radius 3 is 3.00 bits per heavy atom. The van der Waals surface area contributed by atoms with Crippen molar-refractivity contribution in [3.63, 3.8) is 0 Å². The first kappa shape index (κ1) is 14.2. The summed E-state index contributed by atoms with van der Waals surface area (Å²) in [5.41, 5.74) is 8.08. The van der Waals surface area contributed by atoms with Gasteiger partial charge in [0.25, 0.3) is 0 Å². The number of hydrogen-bond acceptors (Lipinski definition) is 4. The Kier molecular flexibility index (Phi) is 4.01. The van der Waals surface area contributed by atoms with E-state index in [9.17, 15) is 0 Å². The molecular weight excluding hydrogens is 266 g/mol. The molecule has 1 saturated carbocycles. The first-order chi connectivity index (χ1) is 10.3. The topological polar surface area (TPSA) is 62.3 Å². The van der Waals surface area contributed by atoms with E-state index in [0.717, 1.165) is 42.5 Å². The molecule has 3 rings (SSSR count). The van der Waals surface area contributed by atoms with Crippen molar-refractivity contribution in [2.75, 3.05) is 19.5 Å². The number of anilines is 1. The molecule has 0 amide bonds. The molecular formula is C16H23N3O2. The van der Waals surface area contributed by atoms with Crippen molar-refractivity contribution in [2.45, 2.75) is 44.8 Å². The lowest BCUT2D eigenvalue weighted by Crippen LogP contribution is -2.21. The van der Waals surface area contributed by atoms with Gasteiger partial charge in [-0.05, 0) is 37.8 Å². The minimum atomic E-state index is 0.213. The summed E-state index contributed by atoms with van der Waals surface area (Å²) in [6.45, 7) is 2.78. The smallest absolute Gasteiger partial charge is 0.201 e. The average molecular weight is 289 g/mol. The third kappa shape index (κ3) is 2.46. The summed E-state index contributed by atoms with van der Waals surface area (Å²) < 4.78 is 13.5. The summed E-state index contributed by atoms with van der Waals surface area (Å²) in [4.78, 5) is 4.54. The maximum atomic E-state index is 6.19. The van der Waals surface area contributed by atoms with Gasteiger partial charge in [0.15, 0.2) is 0 Å². The van der Waals surface area contributed by atoms with Crippen LogP contribution < -0.4 is 10.5 Å². The van der Waals surface area contributed by atoms with Gasteiger partial charge in [-0.1, -0.05) is 13.0 Å². The van der Waals surface area contributed by atoms with Crippen molar-refractivity contribution in [1.29, 1.82) is 0 Å². The fourth-order valence-electron chi connectivity index (χ4n) is 3.26. The molecule has 0 aliphatic heterocycles. The van der Waals surface area contributed by atoms with Gasteiger partial charge < -0.3 is 19.8 Å². The van der Waals surface area contributed by atoms with E-state index in [1.165, 1.54) is 0 Å². The Labute approximate surface area is 125 Å². The number of methoxy groups -OCH3 is 1. The van der Waals surface area contributed by atoms with Gasteiger partial charge in [0, 0.05) is 7.11 Å². The molecule has 21 heavy (non-hydrogen) atoms. The summed E-state index contributed by atoms with van der Waals surface area (Å²) in [5, 5.41) is 0. The SMILES string of the molecule is CCCOc1cccc2c1nc(N)n2C1CCCC1OC. The molecule has 0 spiro atoms. The van der Waals surface area contributed by atoms with E-state index in [-0.39, 0.29) is 12.1 Å². The molecule has 5 nitrogen and oxygen atoms in total. The standard InChI is InChI=1S/C16H23N3O2/c1-3-10-21-14-9-5-7-12-15(14)18-16(17)19(12)11-6-4-8-13(11)20-2/h5,7,9,11,13H,3-4,6,8,10H2,1-2H3,(H2,17,18). The molecule has 1 aromatic carbocycles. The van der Waals surface area contributed by atoms with E-state index < -0.39 is 0 Å². The number of nitrogens with two attached hydrogens (primary N) is 1. The first-order valence-electron chi connectivity index (χ1n) is 7.68. The quantitative estimate of drug-likeness (QED) is 0.918. The normalized spacial score (nSPS) is 22.0. The van der Waals surface area contributed by atoms with Crippen molar-refractivity contribution in [3.05, 3.63) is 18.2 Å². The average Bonchev–Trinajstić information content (AvgIpc) is 3.07. The number of hydrogen-bond donors (Lipinski definition) is 1. The molecule has 2 aromatic rings. The number of imidazole rings is 1. The van der Waals surface area contributed by atoms with Gasteiger partial charge in [0.05, 0.1) is 24.3 Å². The van der Waals surface area contributed by atoms with Gasteiger partial charge in [-0.15, -0.1) is 0 Å². The maximum absolute atomic E-state index is 6.19. The van der Waals surface area contributed by atoms with Crippen molar-refractivity contribution < 1.29 is 9.47 Å². The van der Waals surface area contributed by atoms with Crippen LogP contribution in [0.2, 0.25) is 0 Å². The molecule has 1 fully saturated rings. The van der Waals surface area contributed by atoms with Crippen LogP contribution in [0.4, 0.5) is 5.95 Å². The first-order valence-corrected chi connectivity index (χ1v) is 7.68. The summed E-state index contributed by atoms with van der Waals surface area (Å²) in [6, 6.07) is 6.28. The zero-order valence-electron chi connectivity index (χ0n) is 12.7. The van der Waals surface area contributed by atoms with Crippen molar-refractivity contribution in [2.24, 2.45) is 0 Å². The highest BCUT2D eigenvalue weighted by atomic mass is 16.5. The van der Waals surface area contributed by atoms with Crippen LogP contribution in [0.5, 0.6) is 5.75 Å². The molecule has 1 heterocycles. The number of aromatic nitrogens is 2. The Hall–Kier alpha value is -1.75. The number of fused-ring (bicyclic) bond motifs is 1.